The third-order valence-corrected chi connectivity index (χ3v) is 4.22. The Bertz CT molecular complexity index is 1160. The second-order valence-electron chi connectivity index (χ2n) is 5.91. The fourth-order valence-corrected chi connectivity index (χ4v) is 2.88. The zero-order valence-corrected chi connectivity index (χ0v) is 14.7. The number of nitrogens with zero attached hydrogens (tertiary/aromatic N) is 3. The second-order valence-corrected chi connectivity index (χ2v) is 5.91. The van der Waals surface area contributed by atoms with Gasteiger partial charge in [0.15, 0.2) is 0 Å². The van der Waals surface area contributed by atoms with Crippen LogP contribution < -0.4 is 10.3 Å². The van der Waals surface area contributed by atoms with Crippen molar-refractivity contribution in [2.45, 2.75) is 0 Å². The molecular formula is C22H17N3O2. The maximum atomic E-state index is 13.2. The number of ether oxygens (including phenoxy) is 1. The number of benzene rings is 2. The third-order valence-electron chi connectivity index (χ3n) is 4.22. The molecule has 0 atom stereocenters. The molecule has 5 nitrogen and oxygen atoms in total. The van der Waals surface area contributed by atoms with E-state index in [2.05, 4.69) is 9.97 Å². The largest absolute Gasteiger partial charge is 0.497 e. The molecule has 0 saturated carbocycles. The van der Waals surface area contributed by atoms with E-state index in [0.717, 1.165) is 17.1 Å². The highest BCUT2D eigenvalue weighted by Gasteiger charge is 2.11. The lowest BCUT2D eigenvalue weighted by Crippen LogP contribution is -2.22. The fourth-order valence-electron chi connectivity index (χ4n) is 2.88. The average molecular weight is 355 g/mol. The van der Waals surface area contributed by atoms with Crippen LogP contribution in [0.1, 0.15) is 11.5 Å². The summed E-state index contributed by atoms with van der Waals surface area (Å²) < 4.78 is 6.81. The molecule has 4 aromatic rings. The van der Waals surface area contributed by atoms with Crippen molar-refractivity contribution in [3.63, 3.8) is 0 Å². The number of para-hydroxylation sites is 1. The lowest BCUT2D eigenvalue weighted by molar-refractivity contribution is 0.414. The smallest absolute Gasteiger partial charge is 0.266 e. The highest BCUT2D eigenvalue weighted by Crippen LogP contribution is 2.18. The molecule has 0 radical (unpaired) electrons. The van der Waals surface area contributed by atoms with E-state index in [4.69, 9.17) is 4.74 Å². The zero-order valence-electron chi connectivity index (χ0n) is 14.7. The van der Waals surface area contributed by atoms with Gasteiger partial charge >= 0.3 is 0 Å². The Labute approximate surface area is 156 Å². The minimum atomic E-state index is -0.119. The first-order valence-electron chi connectivity index (χ1n) is 8.51. The Balaban J connectivity index is 1.92. The summed E-state index contributed by atoms with van der Waals surface area (Å²) in [6.45, 7) is 0. The van der Waals surface area contributed by atoms with Crippen molar-refractivity contribution >= 4 is 23.1 Å². The van der Waals surface area contributed by atoms with Crippen LogP contribution >= 0.6 is 0 Å². The minimum absolute atomic E-state index is 0.119. The quantitative estimate of drug-likeness (QED) is 0.556. The fraction of sp³-hybridized carbons (Fsp3) is 0.0455. The van der Waals surface area contributed by atoms with Gasteiger partial charge in [0.05, 0.1) is 29.4 Å². The number of rotatable bonds is 4. The summed E-state index contributed by atoms with van der Waals surface area (Å²) in [7, 11) is 1.61. The third kappa shape index (κ3) is 3.35. The summed E-state index contributed by atoms with van der Waals surface area (Å²) in [6.07, 6.45) is 5.38. The molecule has 0 fully saturated rings. The van der Waals surface area contributed by atoms with Gasteiger partial charge in [-0.15, -0.1) is 0 Å². The van der Waals surface area contributed by atoms with Crippen LogP contribution in [0.4, 0.5) is 0 Å². The van der Waals surface area contributed by atoms with Crippen molar-refractivity contribution < 1.29 is 4.74 Å². The number of pyridine rings is 1. The van der Waals surface area contributed by atoms with Crippen LogP contribution in [-0.2, 0) is 0 Å². The van der Waals surface area contributed by atoms with Gasteiger partial charge in [0.2, 0.25) is 0 Å². The molecule has 2 aromatic heterocycles. The van der Waals surface area contributed by atoms with Crippen LogP contribution in [0.2, 0.25) is 0 Å². The van der Waals surface area contributed by atoms with Crippen molar-refractivity contribution in [1.29, 1.82) is 0 Å². The molecule has 0 unspecified atom stereocenters. The van der Waals surface area contributed by atoms with Gasteiger partial charge in [0, 0.05) is 6.20 Å². The lowest BCUT2D eigenvalue weighted by atomic mass is 10.2. The number of hydrogen-bond donors (Lipinski definition) is 0. The molecule has 4 rings (SSSR count). The number of methoxy groups -OCH3 is 1. The van der Waals surface area contributed by atoms with Crippen LogP contribution in [0.25, 0.3) is 28.7 Å². The summed E-state index contributed by atoms with van der Waals surface area (Å²) in [5.74, 6) is 1.26. The Morgan fingerprint density at radius 1 is 0.926 bits per heavy atom. The van der Waals surface area contributed by atoms with E-state index in [1.54, 1.807) is 30.0 Å². The first kappa shape index (κ1) is 16.7. The standard InChI is InChI=1S/C22H17N3O2/c1-27-18-12-10-17(11-13-18)25-21(14-9-16-6-4-5-15-23-16)24-20-8-3-2-7-19(20)22(25)26/h2-15H,1H3. The van der Waals surface area contributed by atoms with E-state index >= 15 is 0 Å². The topological polar surface area (TPSA) is 57.0 Å². The van der Waals surface area contributed by atoms with Gasteiger partial charge in [-0.05, 0) is 60.7 Å². The van der Waals surface area contributed by atoms with Gasteiger partial charge in [-0.25, -0.2) is 4.98 Å². The average Bonchev–Trinajstić information content (AvgIpc) is 2.73. The van der Waals surface area contributed by atoms with E-state index in [-0.39, 0.29) is 5.56 Å². The molecule has 2 heterocycles. The van der Waals surface area contributed by atoms with Crippen molar-refractivity contribution in [1.82, 2.24) is 14.5 Å². The number of hydrogen-bond acceptors (Lipinski definition) is 4. The minimum Gasteiger partial charge on any atom is -0.497 e. The lowest BCUT2D eigenvalue weighted by Gasteiger charge is -2.12. The summed E-state index contributed by atoms with van der Waals surface area (Å²) in [5, 5.41) is 0.573. The normalized spacial score (nSPS) is 11.1. The van der Waals surface area contributed by atoms with Crippen molar-refractivity contribution in [3.8, 4) is 11.4 Å². The molecule has 0 aliphatic carbocycles. The summed E-state index contributed by atoms with van der Waals surface area (Å²) >= 11 is 0. The van der Waals surface area contributed by atoms with Crippen LogP contribution in [-0.4, -0.2) is 21.6 Å². The predicted molar refractivity (Wildman–Crippen MR) is 107 cm³/mol. The molecule has 27 heavy (non-hydrogen) atoms. The van der Waals surface area contributed by atoms with Gasteiger partial charge in [-0.3, -0.25) is 14.3 Å². The molecular weight excluding hydrogens is 338 g/mol. The van der Waals surface area contributed by atoms with Gasteiger partial charge in [0.1, 0.15) is 11.6 Å². The summed E-state index contributed by atoms with van der Waals surface area (Å²) in [5.41, 5.74) is 2.06. The molecule has 2 aromatic carbocycles. The van der Waals surface area contributed by atoms with Gasteiger partial charge in [-0.1, -0.05) is 18.2 Å². The second kappa shape index (κ2) is 7.25. The molecule has 0 N–H and O–H groups in total. The van der Waals surface area contributed by atoms with Crippen LogP contribution in [0.5, 0.6) is 5.75 Å². The Kier molecular flexibility index (Phi) is 4.49. The van der Waals surface area contributed by atoms with E-state index in [1.165, 1.54) is 0 Å². The Morgan fingerprint density at radius 3 is 2.44 bits per heavy atom. The monoisotopic (exact) mass is 355 g/mol. The molecule has 0 amide bonds. The summed E-state index contributed by atoms with van der Waals surface area (Å²) in [6, 6.07) is 20.3. The van der Waals surface area contributed by atoms with E-state index in [1.807, 2.05) is 66.7 Å². The van der Waals surface area contributed by atoms with Gasteiger partial charge in [0.25, 0.3) is 5.56 Å². The maximum Gasteiger partial charge on any atom is 0.266 e. The Hall–Kier alpha value is -3.73. The molecule has 0 spiro atoms. The van der Waals surface area contributed by atoms with Crippen LogP contribution in [0.15, 0.2) is 77.7 Å². The first-order valence-corrected chi connectivity index (χ1v) is 8.51. The highest BCUT2D eigenvalue weighted by molar-refractivity contribution is 5.79. The van der Waals surface area contributed by atoms with Crippen LogP contribution in [0, 0.1) is 0 Å². The predicted octanol–water partition coefficient (Wildman–Crippen LogP) is 3.96. The van der Waals surface area contributed by atoms with Crippen molar-refractivity contribution in [2.24, 2.45) is 0 Å². The molecule has 0 aliphatic heterocycles. The zero-order chi connectivity index (χ0) is 18.6. The summed E-state index contributed by atoms with van der Waals surface area (Å²) in [4.78, 5) is 22.1. The van der Waals surface area contributed by atoms with Crippen molar-refractivity contribution in [3.05, 3.63) is 94.8 Å². The van der Waals surface area contributed by atoms with E-state index in [0.29, 0.717) is 16.7 Å². The molecule has 0 aliphatic rings. The molecule has 0 saturated heterocycles. The molecule has 132 valence electrons. The number of aromatic nitrogens is 3. The number of fused-ring (bicyclic) bond motifs is 1. The highest BCUT2D eigenvalue weighted by atomic mass is 16.5. The Morgan fingerprint density at radius 2 is 1.70 bits per heavy atom. The van der Waals surface area contributed by atoms with E-state index in [9.17, 15) is 4.79 Å². The van der Waals surface area contributed by atoms with Crippen molar-refractivity contribution in [2.75, 3.05) is 7.11 Å². The van der Waals surface area contributed by atoms with Gasteiger partial charge < -0.3 is 4.74 Å². The van der Waals surface area contributed by atoms with E-state index < -0.39 is 0 Å². The van der Waals surface area contributed by atoms with Gasteiger partial charge in [-0.2, -0.15) is 0 Å². The molecule has 0 bridgehead atoms. The SMILES string of the molecule is COc1ccc(-n2c(C=Cc3ccccn3)nc3ccccc3c2=O)cc1. The molecule has 5 heteroatoms. The van der Waals surface area contributed by atoms with Crippen LogP contribution in [0.3, 0.4) is 0 Å². The maximum absolute atomic E-state index is 13.2. The first-order chi connectivity index (χ1) is 13.3.